The normalized spacial score (nSPS) is 10.7. The molecule has 6 nitrogen and oxygen atoms in total. The molecular weight excluding hydrogens is 266 g/mol. The molecule has 0 atom stereocenters. The molecule has 0 fully saturated rings. The van der Waals surface area contributed by atoms with Gasteiger partial charge in [0.2, 0.25) is 0 Å². The van der Waals surface area contributed by atoms with Gasteiger partial charge in [0, 0.05) is 29.9 Å². The summed E-state index contributed by atoms with van der Waals surface area (Å²) in [6.07, 6.45) is 1.68. The quantitative estimate of drug-likeness (QED) is 0.887. The molecule has 0 saturated heterocycles. The number of carbonyl (C=O) groups excluding carboxylic acids is 1. The Morgan fingerprint density at radius 2 is 2.14 bits per heavy atom. The monoisotopic (exact) mass is 287 g/mol. The minimum atomic E-state index is -0.165. The molecule has 0 bridgehead atoms. The van der Waals surface area contributed by atoms with E-state index in [4.69, 9.17) is 0 Å². The lowest BCUT2D eigenvalue weighted by Crippen LogP contribution is -2.17. The van der Waals surface area contributed by atoms with Crippen LogP contribution in [-0.2, 0) is 0 Å². The van der Waals surface area contributed by atoms with E-state index in [0.717, 1.165) is 12.2 Å². The second kappa shape index (κ2) is 6.39. The first-order valence-corrected chi connectivity index (χ1v) is 7.08. The van der Waals surface area contributed by atoms with E-state index >= 15 is 0 Å². The van der Waals surface area contributed by atoms with E-state index in [0.29, 0.717) is 17.2 Å². The summed E-state index contributed by atoms with van der Waals surface area (Å²) in [6.45, 7) is 8.66. The Hall–Kier alpha value is -2.37. The third-order valence-corrected chi connectivity index (χ3v) is 2.97. The number of nitrogens with one attached hydrogen (secondary N) is 2. The van der Waals surface area contributed by atoms with E-state index in [2.05, 4.69) is 20.7 Å². The molecule has 21 heavy (non-hydrogen) atoms. The summed E-state index contributed by atoms with van der Waals surface area (Å²) in [4.78, 5) is 16.7. The molecule has 0 aromatic carbocycles. The molecule has 2 N–H and O–H groups in total. The highest BCUT2D eigenvalue weighted by atomic mass is 16.1. The zero-order valence-electron chi connectivity index (χ0n) is 12.8. The average Bonchev–Trinajstić information content (AvgIpc) is 2.86. The summed E-state index contributed by atoms with van der Waals surface area (Å²) in [5.41, 5.74) is 1.38. The minimum absolute atomic E-state index is 0.165. The zero-order chi connectivity index (χ0) is 15.4. The number of anilines is 2. The van der Waals surface area contributed by atoms with Crippen molar-refractivity contribution in [3.8, 4) is 0 Å². The van der Waals surface area contributed by atoms with E-state index in [9.17, 15) is 4.79 Å². The van der Waals surface area contributed by atoms with Gasteiger partial charge in [-0.25, -0.2) is 9.67 Å². The zero-order valence-corrected chi connectivity index (χ0v) is 12.8. The molecule has 0 unspecified atom stereocenters. The summed E-state index contributed by atoms with van der Waals surface area (Å²) >= 11 is 0. The fourth-order valence-corrected chi connectivity index (χ4v) is 2.08. The number of aryl methyl sites for hydroxylation is 1. The third kappa shape index (κ3) is 3.59. The molecule has 2 aromatic heterocycles. The second-order valence-corrected chi connectivity index (χ2v) is 5.12. The van der Waals surface area contributed by atoms with Gasteiger partial charge in [-0.05, 0) is 39.8 Å². The molecular formula is C15H21N5O. The van der Waals surface area contributed by atoms with Gasteiger partial charge in [0.05, 0.1) is 6.20 Å². The Labute approximate surface area is 124 Å². The van der Waals surface area contributed by atoms with Crippen molar-refractivity contribution in [3.05, 3.63) is 35.7 Å². The largest absolute Gasteiger partial charge is 0.370 e. The van der Waals surface area contributed by atoms with Crippen molar-refractivity contribution in [1.82, 2.24) is 14.8 Å². The second-order valence-electron chi connectivity index (χ2n) is 5.12. The maximum Gasteiger partial charge on any atom is 0.257 e. The van der Waals surface area contributed by atoms with Gasteiger partial charge in [0.25, 0.3) is 5.91 Å². The van der Waals surface area contributed by atoms with Gasteiger partial charge in [0.15, 0.2) is 0 Å². The Morgan fingerprint density at radius 3 is 2.81 bits per heavy atom. The molecule has 2 rings (SSSR count). The van der Waals surface area contributed by atoms with Crippen LogP contribution in [0.2, 0.25) is 0 Å². The number of pyridine rings is 1. The van der Waals surface area contributed by atoms with Crippen LogP contribution in [0.5, 0.6) is 0 Å². The lowest BCUT2D eigenvalue weighted by Gasteiger charge is -2.12. The van der Waals surface area contributed by atoms with Gasteiger partial charge in [0.1, 0.15) is 11.6 Å². The summed E-state index contributed by atoms with van der Waals surface area (Å²) in [6, 6.07) is 5.50. The number of carbonyl (C=O) groups is 1. The van der Waals surface area contributed by atoms with Crippen LogP contribution in [0.1, 0.15) is 42.9 Å². The summed E-state index contributed by atoms with van der Waals surface area (Å²) in [5, 5.41) is 10.2. The van der Waals surface area contributed by atoms with Crippen LogP contribution in [0.15, 0.2) is 24.4 Å². The first-order chi connectivity index (χ1) is 10.0. The van der Waals surface area contributed by atoms with E-state index < -0.39 is 0 Å². The van der Waals surface area contributed by atoms with Gasteiger partial charge in [-0.3, -0.25) is 4.79 Å². The predicted octanol–water partition coefficient (Wildman–Crippen LogP) is 2.85. The predicted molar refractivity (Wildman–Crippen MR) is 83.7 cm³/mol. The van der Waals surface area contributed by atoms with Gasteiger partial charge in [-0.15, -0.1) is 0 Å². The maximum atomic E-state index is 12.4. The molecule has 0 aliphatic carbocycles. The Morgan fingerprint density at radius 1 is 1.38 bits per heavy atom. The smallest absolute Gasteiger partial charge is 0.257 e. The van der Waals surface area contributed by atoms with Crippen molar-refractivity contribution in [2.75, 3.05) is 17.2 Å². The average molecular weight is 287 g/mol. The van der Waals surface area contributed by atoms with Crippen LogP contribution in [0.4, 0.5) is 11.6 Å². The first-order valence-electron chi connectivity index (χ1n) is 7.08. The molecule has 0 radical (unpaired) electrons. The Bertz CT molecular complexity index is 633. The molecule has 0 aliphatic heterocycles. The van der Waals surface area contributed by atoms with Crippen molar-refractivity contribution in [2.45, 2.75) is 33.7 Å². The van der Waals surface area contributed by atoms with Crippen LogP contribution in [0.3, 0.4) is 0 Å². The fourth-order valence-electron chi connectivity index (χ4n) is 2.08. The summed E-state index contributed by atoms with van der Waals surface area (Å²) in [7, 11) is 0. The molecule has 0 spiro atoms. The van der Waals surface area contributed by atoms with E-state index in [1.54, 1.807) is 29.1 Å². The summed E-state index contributed by atoms with van der Waals surface area (Å²) in [5.74, 6) is 1.23. The first kappa shape index (κ1) is 15.0. The van der Waals surface area contributed by atoms with Crippen molar-refractivity contribution in [1.29, 1.82) is 0 Å². The number of hydrogen-bond donors (Lipinski definition) is 2. The van der Waals surface area contributed by atoms with Crippen molar-refractivity contribution in [2.24, 2.45) is 0 Å². The molecule has 1 amide bonds. The molecule has 112 valence electrons. The van der Waals surface area contributed by atoms with Gasteiger partial charge >= 0.3 is 0 Å². The van der Waals surface area contributed by atoms with Crippen molar-refractivity contribution in [3.63, 3.8) is 0 Å². The number of rotatable bonds is 5. The Balaban J connectivity index is 2.22. The van der Waals surface area contributed by atoms with Crippen LogP contribution in [0, 0.1) is 6.92 Å². The molecule has 0 aliphatic rings. The van der Waals surface area contributed by atoms with Crippen LogP contribution >= 0.6 is 0 Å². The minimum Gasteiger partial charge on any atom is -0.370 e. The van der Waals surface area contributed by atoms with Gasteiger partial charge in [-0.2, -0.15) is 5.10 Å². The van der Waals surface area contributed by atoms with Crippen LogP contribution < -0.4 is 10.6 Å². The fraction of sp³-hybridized carbons (Fsp3) is 0.400. The number of hydrogen-bond acceptors (Lipinski definition) is 4. The van der Waals surface area contributed by atoms with Crippen molar-refractivity contribution >= 4 is 17.5 Å². The van der Waals surface area contributed by atoms with E-state index in [-0.39, 0.29) is 11.9 Å². The molecule has 2 aromatic rings. The van der Waals surface area contributed by atoms with E-state index in [1.807, 2.05) is 27.7 Å². The highest BCUT2D eigenvalue weighted by molar-refractivity contribution is 6.04. The van der Waals surface area contributed by atoms with Crippen LogP contribution in [-0.4, -0.2) is 27.2 Å². The van der Waals surface area contributed by atoms with Gasteiger partial charge < -0.3 is 10.6 Å². The lowest BCUT2D eigenvalue weighted by molar-refractivity contribution is 0.102. The summed E-state index contributed by atoms with van der Waals surface area (Å²) < 4.78 is 1.77. The molecule has 2 heterocycles. The van der Waals surface area contributed by atoms with Gasteiger partial charge in [-0.1, -0.05) is 0 Å². The lowest BCUT2D eigenvalue weighted by atomic mass is 10.2. The number of aromatic nitrogens is 3. The third-order valence-electron chi connectivity index (χ3n) is 2.97. The van der Waals surface area contributed by atoms with E-state index in [1.165, 1.54) is 0 Å². The van der Waals surface area contributed by atoms with Crippen LogP contribution in [0.25, 0.3) is 0 Å². The number of amides is 1. The Kier molecular flexibility index (Phi) is 4.57. The van der Waals surface area contributed by atoms with Crippen molar-refractivity contribution < 1.29 is 4.79 Å². The molecule has 0 saturated carbocycles. The maximum absolute atomic E-state index is 12.4. The SMILES string of the molecule is CCNc1cc(C(=O)Nc2ccnn2C(C)C)cc(C)n1. The molecule has 6 heteroatoms. The standard InChI is InChI=1S/C15H21N5O/c1-5-16-13-9-12(8-11(4)18-13)15(21)19-14-6-7-17-20(14)10(2)3/h6-10H,5H2,1-4H3,(H,16,18)(H,19,21). The topological polar surface area (TPSA) is 71.8 Å². The highest BCUT2D eigenvalue weighted by Crippen LogP contribution is 2.16. The highest BCUT2D eigenvalue weighted by Gasteiger charge is 2.12. The number of nitrogens with zero attached hydrogens (tertiary/aromatic N) is 3.